The normalized spacial score (nSPS) is 25.2. The Morgan fingerprint density at radius 3 is 1.75 bits per heavy atom. The number of hydrogen-bond acceptors (Lipinski definition) is 1. The molecule has 1 heteroatoms. The van der Waals surface area contributed by atoms with Crippen LogP contribution in [0.15, 0.2) is 12.7 Å². The predicted octanol–water partition coefficient (Wildman–Crippen LogP) is 6.22. The van der Waals surface area contributed by atoms with E-state index in [4.69, 9.17) is 0 Å². The van der Waals surface area contributed by atoms with E-state index in [1.54, 1.807) is 0 Å². The highest BCUT2D eigenvalue weighted by Crippen LogP contribution is 2.20. The number of ketones is 1. The molecule has 1 nitrogen and oxygen atoms in total. The van der Waals surface area contributed by atoms with Gasteiger partial charge in [0.05, 0.1) is 0 Å². The number of Topliss-reactive ketones (excluding diaryl/α,β-unsaturated/α-hetero) is 1. The Morgan fingerprint density at radius 2 is 1.25 bits per heavy atom. The van der Waals surface area contributed by atoms with E-state index in [0.717, 1.165) is 25.7 Å². The zero-order valence-corrected chi connectivity index (χ0v) is 13.4. The maximum Gasteiger partial charge on any atom is 0.136 e. The fourth-order valence-electron chi connectivity index (χ4n) is 3.27. The van der Waals surface area contributed by atoms with Crippen LogP contribution in [0.4, 0.5) is 0 Å². The van der Waals surface area contributed by atoms with E-state index in [1.165, 1.54) is 70.6 Å². The first-order valence-electron chi connectivity index (χ1n) is 8.98. The maximum absolute atomic E-state index is 12.2. The van der Waals surface area contributed by atoms with E-state index in [2.05, 4.69) is 6.58 Å². The third-order valence-corrected chi connectivity index (χ3v) is 4.63. The second kappa shape index (κ2) is 12.2. The van der Waals surface area contributed by atoms with Gasteiger partial charge in [0.25, 0.3) is 0 Å². The van der Waals surface area contributed by atoms with Crippen molar-refractivity contribution in [3.05, 3.63) is 12.7 Å². The van der Waals surface area contributed by atoms with Crippen LogP contribution >= 0.6 is 0 Å². The minimum Gasteiger partial charge on any atom is -0.299 e. The molecule has 0 bridgehead atoms. The fraction of sp³-hybridized carbons (Fsp3) is 0.842. The summed E-state index contributed by atoms with van der Waals surface area (Å²) in [6, 6.07) is 0. The van der Waals surface area contributed by atoms with Crippen LogP contribution < -0.4 is 0 Å². The van der Waals surface area contributed by atoms with Gasteiger partial charge in [0, 0.05) is 12.3 Å². The average molecular weight is 278 g/mol. The largest absolute Gasteiger partial charge is 0.299 e. The van der Waals surface area contributed by atoms with Gasteiger partial charge in [0.15, 0.2) is 0 Å². The summed E-state index contributed by atoms with van der Waals surface area (Å²) in [6.45, 7) is 3.82. The summed E-state index contributed by atoms with van der Waals surface area (Å²) in [4.78, 5) is 12.2. The number of hydrogen-bond donors (Lipinski definition) is 0. The van der Waals surface area contributed by atoms with Crippen molar-refractivity contribution in [2.24, 2.45) is 5.92 Å². The summed E-state index contributed by atoms with van der Waals surface area (Å²) in [6.07, 6.45) is 20.7. The lowest BCUT2D eigenvalue weighted by Crippen LogP contribution is -2.14. The minimum atomic E-state index is 0.264. The molecule has 0 aliphatic heterocycles. The van der Waals surface area contributed by atoms with Gasteiger partial charge in [0.2, 0.25) is 0 Å². The molecule has 1 saturated carbocycles. The summed E-state index contributed by atoms with van der Waals surface area (Å²) in [5, 5.41) is 0. The molecule has 1 unspecified atom stereocenters. The van der Waals surface area contributed by atoms with Crippen molar-refractivity contribution in [2.75, 3.05) is 0 Å². The molecular weight excluding hydrogens is 244 g/mol. The van der Waals surface area contributed by atoms with Gasteiger partial charge in [0.1, 0.15) is 5.78 Å². The molecule has 0 aromatic heterocycles. The van der Waals surface area contributed by atoms with Gasteiger partial charge < -0.3 is 0 Å². The lowest BCUT2D eigenvalue weighted by molar-refractivity contribution is -0.123. The van der Waals surface area contributed by atoms with E-state index in [1.807, 2.05) is 6.08 Å². The van der Waals surface area contributed by atoms with Crippen LogP contribution in [0.1, 0.15) is 96.3 Å². The van der Waals surface area contributed by atoms with E-state index in [9.17, 15) is 4.79 Å². The van der Waals surface area contributed by atoms with Crippen LogP contribution in [0.5, 0.6) is 0 Å². The maximum atomic E-state index is 12.2. The molecule has 0 aromatic rings. The van der Waals surface area contributed by atoms with Gasteiger partial charge in [-0.2, -0.15) is 0 Å². The van der Waals surface area contributed by atoms with Gasteiger partial charge in [-0.05, 0) is 19.3 Å². The second-order valence-corrected chi connectivity index (χ2v) is 6.47. The second-order valence-electron chi connectivity index (χ2n) is 6.47. The molecule has 0 amide bonds. The summed E-state index contributed by atoms with van der Waals surface area (Å²) in [7, 11) is 0. The van der Waals surface area contributed by atoms with Crippen LogP contribution in [0.2, 0.25) is 0 Å². The third-order valence-electron chi connectivity index (χ3n) is 4.63. The molecule has 0 N–H and O–H groups in total. The van der Waals surface area contributed by atoms with Crippen LogP contribution in [0, 0.1) is 5.92 Å². The average Bonchev–Trinajstić information content (AvgIpc) is 2.45. The summed E-state index contributed by atoms with van der Waals surface area (Å²) in [5.74, 6) is 0.761. The molecule has 0 saturated heterocycles. The lowest BCUT2D eigenvalue weighted by Gasteiger charge is -2.14. The number of carbonyl (C=O) groups excluding carboxylic acids is 1. The van der Waals surface area contributed by atoms with E-state index >= 15 is 0 Å². The van der Waals surface area contributed by atoms with Crippen molar-refractivity contribution in [1.82, 2.24) is 0 Å². The number of rotatable bonds is 2. The van der Waals surface area contributed by atoms with Gasteiger partial charge in [-0.25, -0.2) is 0 Å². The first-order valence-corrected chi connectivity index (χ1v) is 8.98. The summed E-state index contributed by atoms with van der Waals surface area (Å²) in [5.41, 5.74) is 0. The summed E-state index contributed by atoms with van der Waals surface area (Å²) < 4.78 is 0. The fourth-order valence-corrected chi connectivity index (χ4v) is 3.27. The van der Waals surface area contributed by atoms with Gasteiger partial charge >= 0.3 is 0 Å². The van der Waals surface area contributed by atoms with Gasteiger partial charge in [-0.3, -0.25) is 4.79 Å². The Morgan fingerprint density at radius 1 is 0.800 bits per heavy atom. The van der Waals surface area contributed by atoms with Crippen molar-refractivity contribution in [2.45, 2.75) is 96.3 Å². The topological polar surface area (TPSA) is 17.1 Å². The molecule has 1 aliphatic carbocycles. The SMILES string of the molecule is C=CCC1CCCCCCCCCCCCCCC1=O. The van der Waals surface area contributed by atoms with Crippen LogP contribution in [0.25, 0.3) is 0 Å². The van der Waals surface area contributed by atoms with Crippen molar-refractivity contribution in [3.8, 4) is 0 Å². The Kier molecular flexibility index (Phi) is 10.6. The van der Waals surface area contributed by atoms with Crippen molar-refractivity contribution in [3.63, 3.8) is 0 Å². The zero-order valence-electron chi connectivity index (χ0n) is 13.4. The molecule has 1 aliphatic rings. The smallest absolute Gasteiger partial charge is 0.136 e. The highest BCUT2D eigenvalue weighted by Gasteiger charge is 2.16. The lowest BCUT2D eigenvalue weighted by atomic mass is 9.90. The first kappa shape index (κ1) is 17.5. The van der Waals surface area contributed by atoms with Gasteiger partial charge in [-0.1, -0.05) is 76.7 Å². The highest BCUT2D eigenvalue weighted by atomic mass is 16.1. The molecule has 20 heavy (non-hydrogen) atoms. The van der Waals surface area contributed by atoms with Gasteiger partial charge in [-0.15, -0.1) is 6.58 Å². The third kappa shape index (κ3) is 8.55. The quantitative estimate of drug-likeness (QED) is 0.548. The monoisotopic (exact) mass is 278 g/mol. The van der Waals surface area contributed by atoms with E-state index < -0.39 is 0 Å². The van der Waals surface area contributed by atoms with E-state index in [-0.39, 0.29) is 5.92 Å². The molecule has 0 radical (unpaired) electrons. The Balaban J connectivity index is 2.34. The van der Waals surface area contributed by atoms with E-state index in [0.29, 0.717) is 5.78 Å². The molecule has 1 rings (SSSR count). The number of carbonyl (C=O) groups is 1. The molecule has 1 atom stereocenters. The molecule has 0 spiro atoms. The molecule has 116 valence electrons. The van der Waals surface area contributed by atoms with Crippen molar-refractivity contribution >= 4 is 5.78 Å². The van der Waals surface area contributed by atoms with Crippen molar-refractivity contribution in [1.29, 1.82) is 0 Å². The van der Waals surface area contributed by atoms with Crippen molar-refractivity contribution < 1.29 is 4.79 Å². The summed E-state index contributed by atoms with van der Waals surface area (Å²) >= 11 is 0. The Bertz CT molecular complexity index is 256. The predicted molar refractivity (Wildman–Crippen MR) is 87.9 cm³/mol. The first-order chi connectivity index (χ1) is 9.84. The Labute approximate surface area is 126 Å². The molecule has 0 aromatic carbocycles. The van der Waals surface area contributed by atoms with Crippen LogP contribution in [-0.4, -0.2) is 5.78 Å². The number of allylic oxidation sites excluding steroid dienone is 1. The Hall–Kier alpha value is -0.590. The van der Waals surface area contributed by atoms with Crippen LogP contribution in [-0.2, 0) is 4.79 Å². The minimum absolute atomic E-state index is 0.264. The zero-order chi connectivity index (χ0) is 14.5. The standard InChI is InChI=1S/C19H34O/c1-2-15-18-16-13-11-9-7-5-3-4-6-8-10-12-14-17-19(18)20/h2,18H,1,3-17H2. The molecule has 1 fully saturated rings. The highest BCUT2D eigenvalue weighted by molar-refractivity contribution is 5.81. The molecule has 0 heterocycles. The molecular formula is C19H34O. The van der Waals surface area contributed by atoms with Crippen LogP contribution in [0.3, 0.4) is 0 Å².